The summed E-state index contributed by atoms with van der Waals surface area (Å²) >= 11 is 0. The first-order valence-electron chi connectivity index (χ1n) is 7.64. The summed E-state index contributed by atoms with van der Waals surface area (Å²) in [4.78, 5) is 15.9. The largest absolute Gasteiger partial charge is 0.466 e. The Morgan fingerprint density at radius 3 is 2.50 bits per heavy atom. The van der Waals surface area contributed by atoms with Crippen LogP contribution < -0.4 is 10.6 Å². The average molecular weight is 453 g/mol. The molecule has 0 aromatic carbocycles. The standard InChI is InChI=1S/C16H27N3O4.HI/c1-6-17-14(18-10-13(20)23-15(2,3)4)19-11-16(5,21)12-8-7-9-22-12;/h7-9,21H,6,10-11H2,1-5H3,(H2,17,18,19);1H. The number of hydrogen-bond acceptors (Lipinski definition) is 5. The third-order valence-corrected chi connectivity index (χ3v) is 2.78. The summed E-state index contributed by atoms with van der Waals surface area (Å²) in [5, 5.41) is 16.4. The molecule has 1 aromatic heterocycles. The van der Waals surface area contributed by atoms with Crippen molar-refractivity contribution in [2.45, 2.75) is 45.8 Å². The van der Waals surface area contributed by atoms with Crippen LogP contribution in [-0.2, 0) is 15.1 Å². The van der Waals surface area contributed by atoms with Crippen LogP contribution in [0.25, 0.3) is 0 Å². The van der Waals surface area contributed by atoms with Crippen molar-refractivity contribution in [1.29, 1.82) is 0 Å². The fourth-order valence-electron chi connectivity index (χ4n) is 1.79. The van der Waals surface area contributed by atoms with E-state index in [-0.39, 0.29) is 37.1 Å². The van der Waals surface area contributed by atoms with Gasteiger partial charge in [0.05, 0.1) is 12.8 Å². The maximum Gasteiger partial charge on any atom is 0.328 e. The van der Waals surface area contributed by atoms with Gasteiger partial charge in [0.2, 0.25) is 0 Å². The molecule has 0 fully saturated rings. The number of ether oxygens (including phenoxy) is 1. The van der Waals surface area contributed by atoms with E-state index in [1.807, 2.05) is 6.92 Å². The van der Waals surface area contributed by atoms with E-state index < -0.39 is 17.2 Å². The monoisotopic (exact) mass is 453 g/mol. The van der Waals surface area contributed by atoms with Gasteiger partial charge in [0.25, 0.3) is 0 Å². The van der Waals surface area contributed by atoms with Gasteiger partial charge in [-0.05, 0) is 46.8 Å². The molecule has 1 heterocycles. The molecule has 0 aliphatic rings. The lowest BCUT2D eigenvalue weighted by molar-refractivity contribution is -0.152. The van der Waals surface area contributed by atoms with Crippen molar-refractivity contribution < 1.29 is 19.1 Å². The molecule has 1 aromatic rings. The van der Waals surface area contributed by atoms with Gasteiger partial charge in [0.15, 0.2) is 5.96 Å². The molecule has 0 radical (unpaired) electrons. The van der Waals surface area contributed by atoms with Gasteiger partial charge in [-0.2, -0.15) is 0 Å². The van der Waals surface area contributed by atoms with E-state index >= 15 is 0 Å². The number of carbonyl (C=O) groups excluding carboxylic acids is 1. The van der Waals surface area contributed by atoms with Crippen molar-refractivity contribution in [3.8, 4) is 0 Å². The quantitative estimate of drug-likeness (QED) is 0.264. The maximum atomic E-state index is 11.7. The maximum absolute atomic E-state index is 11.7. The van der Waals surface area contributed by atoms with Crippen LogP contribution in [0.2, 0.25) is 0 Å². The number of furan rings is 1. The molecule has 138 valence electrons. The molecule has 0 aliphatic heterocycles. The van der Waals surface area contributed by atoms with E-state index in [0.29, 0.717) is 18.3 Å². The molecule has 0 saturated heterocycles. The van der Waals surface area contributed by atoms with E-state index in [9.17, 15) is 9.90 Å². The average Bonchev–Trinajstić information content (AvgIpc) is 2.95. The summed E-state index contributed by atoms with van der Waals surface area (Å²) in [5.41, 5.74) is -1.73. The zero-order valence-electron chi connectivity index (χ0n) is 14.9. The normalized spacial score (nSPS) is 14.3. The second kappa shape index (κ2) is 9.87. The molecule has 0 spiro atoms. The molecule has 8 heteroatoms. The SMILES string of the molecule is CCNC(=NCC(=O)OC(C)(C)C)NCC(C)(O)c1ccco1.I. The summed E-state index contributed by atoms with van der Waals surface area (Å²) in [6.45, 7) is 9.67. The second-order valence-corrected chi connectivity index (χ2v) is 6.39. The van der Waals surface area contributed by atoms with Gasteiger partial charge >= 0.3 is 5.97 Å². The van der Waals surface area contributed by atoms with E-state index in [1.54, 1.807) is 39.8 Å². The van der Waals surface area contributed by atoms with Crippen LogP contribution in [0.3, 0.4) is 0 Å². The van der Waals surface area contributed by atoms with Gasteiger partial charge in [-0.15, -0.1) is 24.0 Å². The summed E-state index contributed by atoms with van der Waals surface area (Å²) in [5.74, 6) is 0.464. The van der Waals surface area contributed by atoms with Crippen LogP contribution in [-0.4, -0.2) is 42.3 Å². The number of nitrogens with zero attached hydrogens (tertiary/aromatic N) is 1. The number of aliphatic hydroxyl groups is 1. The fraction of sp³-hybridized carbons (Fsp3) is 0.625. The van der Waals surface area contributed by atoms with Crippen molar-refractivity contribution in [1.82, 2.24) is 10.6 Å². The Morgan fingerprint density at radius 2 is 2.00 bits per heavy atom. The fourth-order valence-corrected chi connectivity index (χ4v) is 1.79. The van der Waals surface area contributed by atoms with Gasteiger partial charge in [-0.1, -0.05) is 0 Å². The third-order valence-electron chi connectivity index (χ3n) is 2.78. The highest BCUT2D eigenvalue weighted by atomic mass is 127. The van der Waals surface area contributed by atoms with Crippen molar-refractivity contribution in [3.05, 3.63) is 24.2 Å². The molecule has 1 unspecified atom stereocenters. The smallest absolute Gasteiger partial charge is 0.328 e. The van der Waals surface area contributed by atoms with E-state index in [1.165, 1.54) is 6.26 Å². The highest BCUT2D eigenvalue weighted by molar-refractivity contribution is 14.0. The van der Waals surface area contributed by atoms with Crippen molar-refractivity contribution in [2.24, 2.45) is 4.99 Å². The van der Waals surface area contributed by atoms with Crippen LogP contribution in [0.1, 0.15) is 40.4 Å². The van der Waals surface area contributed by atoms with E-state index in [4.69, 9.17) is 9.15 Å². The van der Waals surface area contributed by atoms with Gasteiger partial charge < -0.3 is 24.9 Å². The first kappa shape index (κ1) is 22.7. The number of carbonyl (C=O) groups is 1. The van der Waals surface area contributed by atoms with Gasteiger partial charge in [0, 0.05) is 6.54 Å². The summed E-state index contributed by atoms with van der Waals surface area (Å²) in [7, 11) is 0. The van der Waals surface area contributed by atoms with E-state index in [0.717, 1.165) is 0 Å². The molecule has 0 bridgehead atoms. The van der Waals surface area contributed by atoms with Crippen LogP contribution in [0, 0.1) is 0 Å². The Balaban J connectivity index is 0.00000529. The molecule has 0 saturated carbocycles. The second-order valence-electron chi connectivity index (χ2n) is 6.39. The Hall–Kier alpha value is -1.29. The van der Waals surface area contributed by atoms with Crippen molar-refractivity contribution in [2.75, 3.05) is 19.6 Å². The molecule has 24 heavy (non-hydrogen) atoms. The van der Waals surface area contributed by atoms with Crippen LogP contribution in [0.5, 0.6) is 0 Å². The third kappa shape index (κ3) is 8.53. The van der Waals surface area contributed by atoms with Crippen LogP contribution >= 0.6 is 24.0 Å². The molecule has 7 nitrogen and oxygen atoms in total. The lowest BCUT2D eigenvalue weighted by Gasteiger charge is -2.23. The summed E-state index contributed by atoms with van der Waals surface area (Å²) in [6, 6.07) is 3.41. The van der Waals surface area contributed by atoms with Gasteiger partial charge in [0.1, 0.15) is 23.5 Å². The summed E-state index contributed by atoms with van der Waals surface area (Å²) < 4.78 is 10.4. The molecular weight excluding hydrogens is 425 g/mol. The van der Waals surface area contributed by atoms with Crippen LogP contribution in [0.15, 0.2) is 27.8 Å². The molecule has 1 rings (SSSR count). The zero-order chi connectivity index (χ0) is 17.5. The Kier molecular flexibility index (Phi) is 9.34. The van der Waals surface area contributed by atoms with E-state index in [2.05, 4.69) is 15.6 Å². The minimum atomic E-state index is -1.19. The number of guanidine groups is 1. The highest BCUT2D eigenvalue weighted by Crippen LogP contribution is 2.19. The molecule has 0 amide bonds. The number of hydrogen-bond donors (Lipinski definition) is 3. The van der Waals surface area contributed by atoms with Crippen molar-refractivity contribution >= 4 is 35.9 Å². The number of rotatable bonds is 6. The lowest BCUT2D eigenvalue weighted by Crippen LogP contribution is -2.44. The predicted molar refractivity (Wildman–Crippen MR) is 104 cm³/mol. The summed E-state index contributed by atoms with van der Waals surface area (Å²) in [6.07, 6.45) is 1.51. The number of aliphatic imine (C=N–C) groups is 1. The Labute approximate surface area is 160 Å². The lowest BCUT2D eigenvalue weighted by atomic mass is 10.0. The first-order chi connectivity index (χ1) is 10.6. The Bertz CT molecular complexity index is 522. The molecule has 1 atom stereocenters. The topological polar surface area (TPSA) is 96.1 Å². The minimum absolute atomic E-state index is 0. The van der Waals surface area contributed by atoms with Crippen molar-refractivity contribution in [3.63, 3.8) is 0 Å². The number of esters is 1. The highest BCUT2D eigenvalue weighted by Gasteiger charge is 2.26. The predicted octanol–water partition coefficient (Wildman–Crippen LogP) is 2.00. The Morgan fingerprint density at radius 1 is 1.33 bits per heavy atom. The molecule has 0 aliphatic carbocycles. The van der Waals surface area contributed by atoms with Gasteiger partial charge in [-0.3, -0.25) is 4.79 Å². The van der Waals surface area contributed by atoms with Crippen LogP contribution in [0.4, 0.5) is 0 Å². The molecule has 3 N–H and O–H groups in total. The minimum Gasteiger partial charge on any atom is -0.466 e. The number of halogens is 1. The zero-order valence-corrected chi connectivity index (χ0v) is 17.2. The number of nitrogens with one attached hydrogen (secondary N) is 2. The molecular formula is C16H28IN3O4. The first-order valence-corrected chi connectivity index (χ1v) is 7.64. The van der Waals surface area contributed by atoms with Gasteiger partial charge in [-0.25, -0.2) is 4.99 Å².